The van der Waals surface area contributed by atoms with Crippen LogP contribution in [0.5, 0.6) is 0 Å². The fourth-order valence-corrected chi connectivity index (χ4v) is 3.13. The van der Waals surface area contributed by atoms with Gasteiger partial charge in [-0.05, 0) is 38.9 Å². The zero-order chi connectivity index (χ0) is 12.9. The van der Waals surface area contributed by atoms with Crippen LogP contribution in [0.4, 0.5) is 4.79 Å². The van der Waals surface area contributed by atoms with Crippen molar-refractivity contribution in [2.75, 3.05) is 12.3 Å². The summed E-state index contributed by atoms with van der Waals surface area (Å²) in [4.78, 5) is 11.6. The Morgan fingerprint density at radius 2 is 2.18 bits per heavy atom. The Labute approximate surface area is 108 Å². The first-order valence-corrected chi connectivity index (χ1v) is 7.34. The minimum Gasteiger partial charge on any atom is -0.389 e. The van der Waals surface area contributed by atoms with E-state index in [2.05, 4.69) is 17.6 Å². The van der Waals surface area contributed by atoms with Gasteiger partial charge < -0.3 is 15.7 Å². The third kappa shape index (κ3) is 6.17. The maximum Gasteiger partial charge on any atom is 0.315 e. The number of carbonyl (C=O) groups is 1. The van der Waals surface area contributed by atoms with E-state index in [9.17, 15) is 9.90 Å². The summed E-state index contributed by atoms with van der Waals surface area (Å²) in [5, 5.41) is 15.8. The van der Waals surface area contributed by atoms with Gasteiger partial charge in [0.2, 0.25) is 0 Å². The van der Waals surface area contributed by atoms with Crippen molar-refractivity contribution >= 4 is 17.8 Å². The predicted octanol–water partition coefficient (Wildman–Crippen LogP) is 1.73. The Balaban J connectivity index is 2.19. The van der Waals surface area contributed by atoms with Crippen molar-refractivity contribution in [2.45, 2.75) is 56.9 Å². The van der Waals surface area contributed by atoms with Gasteiger partial charge in [-0.2, -0.15) is 11.8 Å². The second-order valence-corrected chi connectivity index (χ2v) is 6.80. The normalized spacial score (nSPS) is 24.7. The van der Waals surface area contributed by atoms with Crippen LogP contribution in [0, 0.1) is 0 Å². The predicted molar refractivity (Wildman–Crippen MR) is 72.4 cm³/mol. The van der Waals surface area contributed by atoms with Crippen molar-refractivity contribution in [3.05, 3.63) is 0 Å². The summed E-state index contributed by atoms with van der Waals surface area (Å²) in [5.74, 6) is 1.14. The number of urea groups is 1. The zero-order valence-electron chi connectivity index (χ0n) is 11.0. The van der Waals surface area contributed by atoms with E-state index < -0.39 is 5.60 Å². The molecule has 0 aromatic rings. The first-order valence-electron chi connectivity index (χ1n) is 6.29. The summed E-state index contributed by atoms with van der Waals surface area (Å²) < 4.78 is 0. The number of rotatable bonds is 5. The summed E-state index contributed by atoms with van der Waals surface area (Å²) >= 11 is 1.98. The molecule has 0 aromatic heterocycles. The van der Waals surface area contributed by atoms with Gasteiger partial charge >= 0.3 is 6.03 Å². The molecule has 0 bridgehead atoms. The molecule has 0 saturated heterocycles. The SMILES string of the molecule is CCS[C@@H]1CC[C@H](NC(=O)NCC(C)(C)O)C1. The number of hydrogen-bond acceptors (Lipinski definition) is 3. The molecule has 2 amide bonds. The summed E-state index contributed by atoms with van der Waals surface area (Å²) in [6.07, 6.45) is 3.32. The third-order valence-corrected chi connectivity index (χ3v) is 4.04. The van der Waals surface area contributed by atoms with Gasteiger partial charge in [-0.3, -0.25) is 0 Å². The monoisotopic (exact) mass is 260 g/mol. The molecule has 1 saturated carbocycles. The van der Waals surface area contributed by atoms with Crippen molar-refractivity contribution in [1.82, 2.24) is 10.6 Å². The molecule has 0 spiro atoms. The lowest BCUT2D eigenvalue weighted by Gasteiger charge is -2.19. The van der Waals surface area contributed by atoms with Crippen molar-refractivity contribution < 1.29 is 9.90 Å². The van der Waals surface area contributed by atoms with Crippen molar-refractivity contribution in [3.63, 3.8) is 0 Å². The topological polar surface area (TPSA) is 61.4 Å². The second-order valence-electron chi connectivity index (χ2n) is 5.23. The van der Waals surface area contributed by atoms with Gasteiger partial charge in [-0.1, -0.05) is 6.92 Å². The molecule has 1 fully saturated rings. The Morgan fingerprint density at radius 3 is 2.76 bits per heavy atom. The van der Waals surface area contributed by atoms with Gasteiger partial charge in [0.15, 0.2) is 0 Å². The molecule has 2 atom stereocenters. The van der Waals surface area contributed by atoms with Gasteiger partial charge in [0, 0.05) is 17.8 Å². The van der Waals surface area contributed by atoms with Crippen molar-refractivity contribution in [2.24, 2.45) is 0 Å². The molecule has 1 aliphatic carbocycles. The maximum atomic E-state index is 11.6. The van der Waals surface area contributed by atoms with E-state index in [4.69, 9.17) is 0 Å². The van der Waals surface area contributed by atoms with Crippen molar-refractivity contribution in [3.8, 4) is 0 Å². The highest BCUT2D eigenvalue weighted by Gasteiger charge is 2.26. The van der Waals surface area contributed by atoms with E-state index >= 15 is 0 Å². The first-order chi connectivity index (χ1) is 7.90. The Hall–Kier alpha value is -0.420. The smallest absolute Gasteiger partial charge is 0.315 e. The van der Waals surface area contributed by atoms with Crippen LogP contribution in [0.3, 0.4) is 0 Å². The minimum atomic E-state index is -0.854. The van der Waals surface area contributed by atoms with Crippen molar-refractivity contribution in [1.29, 1.82) is 0 Å². The number of thioether (sulfide) groups is 1. The largest absolute Gasteiger partial charge is 0.389 e. The van der Waals surface area contributed by atoms with Crippen LogP contribution < -0.4 is 10.6 Å². The number of aliphatic hydroxyl groups is 1. The van der Waals surface area contributed by atoms with E-state index in [1.165, 1.54) is 6.42 Å². The lowest BCUT2D eigenvalue weighted by Crippen LogP contribution is -2.46. The van der Waals surface area contributed by atoms with Gasteiger partial charge in [0.25, 0.3) is 0 Å². The second kappa shape index (κ2) is 6.50. The number of nitrogens with one attached hydrogen (secondary N) is 2. The molecule has 0 aromatic carbocycles. The molecule has 0 unspecified atom stereocenters. The molecular weight excluding hydrogens is 236 g/mol. The highest BCUT2D eigenvalue weighted by Crippen LogP contribution is 2.29. The third-order valence-electron chi connectivity index (χ3n) is 2.80. The molecule has 0 radical (unpaired) electrons. The first kappa shape index (κ1) is 14.6. The molecule has 0 aliphatic heterocycles. The standard InChI is InChI=1S/C12H24N2O2S/c1-4-17-10-6-5-9(7-10)14-11(15)13-8-12(2,3)16/h9-10,16H,4-8H2,1-3H3,(H2,13,14,15)/t9-,10+/m0/s1. The molecule has 0 heterocycles. The van der Waals surface area contributed by atoms with Crippen LogP contribution in [0.2, 0.25) is 0 Å². The average molecular weight is 260 g/mol. The van der Waals surface area contributed by atoms with Gasteiger partial charge in [-0.15, -0.1) is 0 Å². The summed E-state index contributed by atoms with van der Waals surface area (Å²) in [7, 11) is 0. The van der Waals surface area contributed by atoms with Crippen LogP contribution in [0.1, 0.15) is 40.0 Å². The Bertz CT molecular complexity index is 253. The summed E-state index contributed by atoms with van der Waals surface area (Å²) in [6, 6.07) is 0.125. The van der Waals surface area contributed by atoms with Crippen LogP contribution in [0.15, 0.2) is 0 Å². The number of amides is 2. The molecular formula is C12H24N2O2S. The quantitative estimate of drug-likeness (QED) is 0.705. The minimum absolute atomic E-state index is 0.167. The Morgan fingerprint density at radius 1 is 1.47 bits per heavy atom. The van der Waals surface area contributed by atoms with Crippen LogP contribution >= 0.6 is 11.8 Å². The highest BCUT2D eigenvalue weighted by molar-refractivity contribution is 7.99. The summed E-state index contributed by atoms with van der Waals surface area (Å²) in [6.45, 7) is 5.80. The molecule has 1 aliphatic rings. The van der Waals surface area contributed by atoms with Gasteiger partial charge in [0.05, 0.1) is 5.60 Å². The Kier molecular flexibility index (Phi) is 5.59. The molecule has 3 N–H and O–H groups in total. The van der Waals surface area contributed by atoms with E-state index in [1.54, 1.807) is 13.8 Å². The molecule has 4 nitrogen and oxygen atoms in total. The zero-order valence-corrected chi connectivity index (χ0v) is 11.8. The molecule has 17 heavy (non-hydrogen) atoms. The summed E-state index contributed by atoms with van der Waals surface area (Å²) in [5.41, 5.74) is -0.854. The van der Waals surface area contributed by atoms with E-state index in [0.717, 1.165) is 18.6 Å². The van der Waals surface area contributed by atoms with Gasteiger partial charge in [-0.25, -0.2) is 4.79 Å². The average Bonchev–Trinajstić information content (AvgIpc) is 2.62. The van der Waals surface area contributed by atoms with E-state index in [0.29, 0.717) is 11.3 Å². The van der Waals surface area contributed by atoms with Gasteiger partial charge in [0.1, 0.15) is 0 Å². The fraction of sp³-hybridized carbons (Fsp3) is 0.917. The van der Waals surface area contributed by atoms with E-state index in [1.807, 2.05) is 11.8 Å². The lowest BCUT2D eigenvalue weighted by atomic mass is 10.1. The number of hydrogen-bond donors (Lipinski definition) is 3. The maximum absolute atomic E-state index is 11.6. The highest BCUT2D eigenvalue weighted by atomic mass is 32.2. The van der Waals surface area contributed by atoms with E-state index in [-0.39, 0.29) is 12.6 Å². The number of carbonyl (C=O) groups excluding carboxylic acids is 1. The molecule has 100 valence electrons. The lowest BCUT2D eigenvalue weighted by molar-refractivity contribution is 0.0817. The molecule has 1 rings (SSSR count). The molecule has 5 heteroatoms. The fourth-order valence-electron chi connectivity index (χ4n) is 1.99. The van der Waals surface area contributed by atoms with Crippen LogP contribution in [0.25, 0.3) is 0 Å². The van der Waals surface area contributed by atoms with Crippen LogP contribution in [-0.4, -0.2) is 40.3 Å². The van der Waals surface area contributed by atoms with Crippen LogP contribution in [-0.2, 0) is 0 Å².